The monoisotopic (exact) mass is 339 g/mol. The second-order valence-electron chi connectivity index (χ2n) is 5.92. The molecular formula is C16H22ClN3O3. The molecule has 23 heavy (non-hydrogen) atoms. The molecule has 0 bridgehead atoms. The Morgan fingerprint density at radius 3 is 2.70 bits per heavy atom. The normalized spacial score (nSPS) is 15.4. The number of nitrogens with zero attached hydrogens (tertiary/aromatic N) is 3. The Balaban J connectivity index is 0.00000192. The van der Waals surface area contributed by atoms with E-state index in [1.54, 1.807) is 11.6 Å². The van der Waals surface area contributed by atoms with Crippen molar-refractivity contribution in [3.05, 3.63) is 39.5 Å². The molecule has 1 fully saturated rings. The topological polar surface area (TPSA) is 80.5 Å². The summed E-state index contributed by atoms with van der Waals surface area (Å²) in [5, 5.41) is 0.480. The number of ether oxygens (including phenoxy) is 1. The van der Waals surface area contributed by atoms with Crippen LogP contribution in [0.5, 0.6) is 0 Å². The zero-order chi connectivity index (χ0) is 15.7. The van der Waals surface area contributed by atoms with Crippen molar-refractivity contribution in [3.63, 3.8) is 0 Å². The van der Waals surface area contributed by atoms with Gasteiger partial charge in [-0.2, -0.15) is 0 Å². The number of hydrogen-bond acceptors (Lipinski definition) is 3. The molecule has 3 heterocycles. The van der Waals surface area contributed by atoms with E-state index in [1.807, 2.05) is 25.4 Å². The van der Waals surface area contributed by atoms with Gasteiger partial charge in [-0.1, -0.05) is 11.6 Å². The summed E-state index contributed by atoms with van der Waals surface area (Å²) < 4.78 is 9.10. The summed E-state index contributed by atoms with van der Waals surface area (Å²) in [5.74, 6) is 1.39. The summed E-state index contributed by atoms with van der Waals surface area (Å²) in [4.78, 5) is 16.3. The lowest BCUT2D eigenvalue weighted by Gasteiger charge is -2.23. The summed E-state index contributed by atoms with van der Waals surface area (Å²) in [6.45, 7) is 4.34. The summed E-state index contributed by atoms with van der Waals surface area (Å²) in [6.07, 6.45) is 5.80. The van der Waals surface area contributed by atoms with E-state index in [2.05, 4.69) is 9.55 Å². The van der Waals surface area contributed by atoms with Crippen molar-refractivity contribution in [2.24, 2.45) is 13.0 Å². The number of imidazole rings is 1. The van der Waals surface area contributed by atoms with Crippen molar-refractivity contribution in [1.29, 1.82) is 0 Å². The fourth-order valence-corrected chi connectivity index (χ4v) is 3.16. The van der Waals surface area contributed by atoms with Crippen LogP contribution in [-0.4, -0.2) is 32.8 Å². The number of hydrogen-bond donors (Lipinski definition) is 0. The molecule has 0 amide bonds. The molecule has 2 aromatic rings. The molecule has 0 atom stereocenters. The maximum atomic E-state index is 11.9. The molecule has 7 heteroatoms. The van der Waals surface area contributed by atoms with Crippen LogP contribution in [0, 0.1) is 12.8 Å². The zero-order valence-corrected chi connectivity index (χ0v) is 14.1. The first-order valence-corrected chi connectivity index (χ1v) is 7.90. The molecule has 1 aliphatic heterocycles. The van der Waals surface area contributed by atoms with Crippen molar-refractivity contribution < 1.29 is 10.2 Å². The lowest BCUT2D eigenvalue weighted by molar-refractivity contribution is 0.0614. The van der Waals surface area contributed by atoms with Gasteiger partial charge < -0.3 is 19.3 Å². The molecule has 0 spiro atoms. The highest BCUT2D eigenvalue weighted by Gasteiger charge is 2.18. The van der Waals surface area contributed by atoms with Crippen LogP contribution in [0.15, 0.2) is 23.3 Å². The maximum absolute atomic E-state index is 11.9. The number of rotatable bonds is 3. The van der Waals surface area contributed by atoms with Gasteiger partial charge in [0.1, 0.15) is 11.0 Å². The lowest BCUT2D eigenvalue weighted by atomic mass is 10.0. The largest absolute Gasteiger partial charge is 0.412 e. The quantitative estimate of drug-likeness (QED) is 0.855. The summed E-state index contributed by atoms with van der Waals surface area (Å²) >= 11 is 6.12. The van der Waals surface area contributed by atoms with Crippen LogP contribution in [0.2, 0.25) is 5.15 Å². The Bertz CT molecular complexity index is 706. The van der Waals surface area contributed by atoms with Crippen molar-refractivity contribution in [1.82, 2.24) is 14.1 Å². The van der Waals surface area contributed by atoms with E-state index >= 15 is 0 Å². The molecule has 3 rings (SSSR count). The van der Waals surface area contributed by atoms with Crippen LogP contribution in [0.25, 0.3) is 11.4 Å². The summed E-state index contributed by atoms with van der Waals surface area (Å²) in [7, 11) is 1.76. The molecule has 0 radical (unpaired) electrons. The van der Waals surface area contributed by atoms with Gasteiger partial charge in [0.15, 0.2) is 0 Å². The molecule has 1 aliphatic rings. The van der Waals surface area contributed by atoms with E-state index in [-0.39, 0.29) is 11.0 Å². The van der Waals surface area contributed by atoms with Crippen LogP contribution in [0.3, 0.4) is 0 Å². The first-order valence-electron chi connectivity index (χ1n) is 7.52. The molecule has 1 saturated heterocycles. The van der Waals surface area contributed by atoms with Crippen LogP contribution in [0.4, 0.5) is 0 Å². The summed E-state index contributed by atoms with van der Waals surface area (Å²) in [6, 6.07) is 1.88. The second-order valence-corrected chi connectivity index (χ2v) is 6.31. The van der Waals surface area contributed by atoms with Crippen LogP contribution in [0.1, 0.15) is 18.4 Å². The zero-order valence-electron chi connectivity index (χ0n) is 13.4. The van der Waals surface area contributed by atoms with Crippen LogP contribution >= 0.6 is 11.6 Å². The van der Waals surface area contributed by atoms with Gasteiger partial charge in [-0.25, -0.2) is 4.98 Å². The molecule has 0 saturated carbocycles. The third-order valence-electron chi connectivity index (χ3n) is 4.16. The second kappa shape index (κ2) is 7.29. The van der Waals surface area contributed by atoms with Crippen LogP contribution < -0.4 is 5.56 Å². The van der Waals surface area contributed by atoms with Gasteiger partial charge in [0, 0.05) is 50.3 Å². The van der Waals surface area contributed by atoms with E-state index in [1.165, 1.54) is 0 Å². The minimum Gasteiger partial charge on any atom is -0.412 e. The Kier molecular flexibility index (Phi) is 5.62. The predicted octanol–water partition coefficient (Wildman–Crippen LogP) is 1.81. The Labute approximate surface area is 140 Å². The van der Waals surface area contributed by atoms with E-state index in [0.717, 1.165) is 44.0 Å². The van der Waals surface area contributed by atoms with Crippen molar-refractivity contribution in [2.75, 3.05) is 13.2 Å². The van der Waals surface area contributed by atoms with Gasteiger partial charge in [-0.3, -0.25) is 4.79 Å². The molecule has 6 nitrogen and oxygen atoms in total. The van der Waals surface area contributed by atoms with Gasteiger partial charge in [0.25, 0.3) is 5.56 Å². The van der Waals surface area contributed by atoms with Crippen molar-refractivity contribution >= 4 is 11.6 Å². The predicted molar refractivity (Wildman–Crippen MR) is 89.8 cm³/mol. The molecule has 2 N–H and O–H groups in total. The van der Waals surface area contributed by atoms with Gasteiger partial charge in [0.2, 0.25) is 0 Å². The smallest absolute Gasteiger partial charge is 0.253 e. The SMILES string of the molecule is Cc1cc(-c2nc(Cl)cn2CC2CCOCC2)cn(C)c1=O.O. The molecule has 0 aromatic carbocycles. The standard InChI is InChI=1S/C16H20ClN3O2.H2O/c1-11-7-13(9-19(2)16(11)21)15-18-14(17)10-20(15)8-12-3-5-22-6-4-12;/h7,9-10,12H,3-6,8H2,1-2H3;1H2. The number of aryl methyl sites for hydroxylation is 2. The third-order valence-corrected chi connectivity index (χ3v) is 4.35. The van der Waals surface area contributed by atoms with Crippen molar-refractivity contribution in [2.45, 2.75) is 26.3 Å². The third kappa shape index (κ3) is 3.83. The van der Waals surface area contributed by atoms with E-state index in [9.17, 15) is 4.79 Å². The lowest BCUT2D eigenvalue weighted by Crippen LogP contribution is -2.21. The minimum atomic E-state index is 0. The van der Waals surface area contributed by atoms with Crippen molar-refractivity contribution in [3.8, 4) is 11.4 Å². The molecule has 2 aromatic heterocycles. The first-order chi connectivity index (χ1) is 10.5. The molecule has 0 unspecified atom stereocenters. The number of halogens is 1. The molecular weight excluding hydrogens is 318 g/mol. The van der Waals surface area contributed by atoms with Crippen LogP contribution in [-0.2, 0) is 18.3 Å². The van der Waals surface area contributed by atoms with E-state index in [0.29, 0.717) is 16.6 Å². The number of pyridine rings is 1. The Morgan fingerprint density at radius 2 is 2.04 bits per heavy atom. The average Bonchev–Trinajstić information content (AvgIpc) is 2.86. The van der Waals surface area contributed by atoms with Gasteiger partial charge in [-0.05, 0) is 31.7 Å². The Morgan fingerprint density at radius 1 is 1.35 bits per heavy atom. The van der Waals surface area contributed by atoms with Gasteiger partial charge >= 0.3 is 0 Å². The minimum absolute atomic E-state index is 0. The number of aromatic nitrogens is 3. The fraction of sp³-hybridized carbons (Fsp3) is 0.500. The van der Waals surface area contributed by atoms with E-state index in [4.69, 9.17) is 16.3 Å². The average molecular weight is 340 g/mol. The highest BCUT2D eigenvalue weighted by molar-refractivity contribution is 6.29. The Hall–Kier alpha value is -1.63. The highest BCUT2D eigenvalue weighted by Crippen LogP contribution is 2.25. The van der Waals surface area contributed by atoms with Gasteiger partial charge in [-0.15, -0.1) is 0 Å². The van der Waals surface area contributed by atoms with E-state index < -0.39 is 0 Å². The molecule has 0 aliphatic carbocycles. The summed E-state index contributed by atoms with van der Waals surface area (Å²) in [5.41, 5.74) is 1.63. The highest BCUT2D eigenvalue weighted by atomic mass is 35.5. The molecule has 126 valence electrons. The first kappa shape index (κ1) is 17.7. The fourth-order valence-electron chi connectivity index (χ4n) is 2.96. The van der Waals surface area contributed by atoms with Gasteiger partial charge in [0.05, 0.1) is 0 Å². The maximum Gasteiger partial charge on any atom is 0.253 e.